The van der Waals surface area contributed by atoms with Crippen LogP contribution in [0.2, 0.25) is 0 Å². The fourth-order valence-electron chi connectivity index (χ4n) is 2.55. The topological polar surface area (TPSA) is 47.3 Å². The predicted molar refractivity (Wildman–Crippen MR) is 71.9 cm³/mol. The Labute approximate surface area is 111 Å². The van der Waals surface area contributed by atoms with E-state index >= 15 is 0 Å². The smallest absolute Gasteiger partial charge is 0.225 e. The van der Waals surface area contributed by atoms with Crippen LogP contribution in [0.3, 0.4) is 0 Å². The molecule has 1 saturated heterocycles. The van der Waals surface area contributed by atoms with Gasteiger partial charge in [-0.15, -0.1) is 0 Å². The van der Waals surface area contributed by atoms with E-state index in [0.717, 1.165) is 45.4 Å². The normalized spacial score (nSPS) is 20.2. The van der Waals surface area contributed by atoms with Gasteiger partial charge in [0, 0.05) is 32.1 Å². The van der Waals surface area contributed by atoms with E-state index in [2.05, 4.69) is 17.9 Å². The molecule has 0 saturated carbocycles. The zero-order valence-corrected chi connectivity index (χ0v) is 11.9. The van der Waals surface area contributed by atoms with Gasteiger partial charge in [0.15, 0.2) is 0 Å². The molecule has 1 amide bonds. The molecule has 1 aliphatic heterocycles. The third-order valence-corrected chi connectivity index (χ3v) is 3.75. The Bertz CT molecular complexity index is 303. The molecule has 0 aliphatic carbocycles. The van der Waals surface area contributed by atoms with Crippen molar-refractivity contribution in [2.75, 3.05) is 26.2 Å². The first-order valence-corrected chi connectivity index (χ1v) is 7.06. The lowest BCUT2D eigenvalue weighted by Gasteiger charge is -2.37. The summed E-state index contributed by atoms with van der Waals surface area (Å²) in [7, 11) is 0. The van der Waals surface area contributed by atoms with Crippen LogP contribution in [0, 0.1) is 17.2 Å². The molecule has 4 nitrogen and oxygen atoms in total. The summed E-state index contributed by atoms with van der Waals surface area (Å²) in [6, 6.07) is 2.34. The minimum absolute atomic E-state index is 0.00955. The average molecular weight is 251 g/mol. The van der Waals surface area contributed by atoms with Gasteiger partial charge in [-0.3, -0.25) is 9.69 Å². The minimum Gasteiger partial charge on any atom is -0.340 e. The van der Waals surface area contributed by atoms with Crippen LogP contribution < -0.4 is 0 Å². The predicted octanol–water partition coefficient (Wildman–Crippen LogP) is 1.87. The average Bonchev–Trinajstić information content (AvgIpc) is 2.40. The van der Waals surface area contributed by atoms with E-state index in [4.69, 9.17) is 5.26 Å². The molecule has 1 rings (SSSR count). The van der Waals surface area contributed by atoms with E-state index in [1.54, 1.807) is 0 Å². The maximum Gasteiger partial charge on any atom is 0.225 e. The van der Waals surface area contributed by atoms with Crippen molar-refractivity contribution in [1.29, 1.82) is 5.26 Å². The summed E-state index contributed by atoms with van der Waals surface area (Å²) in [5.74, 6) is 0.418. The lowest BCUT2D eigenvalue weighted by atomic mass is 10.0. The Kier molecular flexibility index (Phi) is 6.14. The van der Waals surface area contributed by atoms with Crippen molar-refractivity contribution in [3.05, 3.63) is 0 Å². The van der Waals surface area contributed by atoms with Gasteiger partial charge in [-0.05, 0) is 12.8 Å². The second-order valence-electron chi connectivity index (χ2n) is 5.10. The van der Waals surface area contributed by atoms with Gasteiger partial charge in [-0.1, -0.05) is 27.2 Å². The number of piperazine rings is 1. The van der Waals surface area contributed by atoms with E-state index in [1.807, 2.05) is 18.7 Å². The van der Waals surface area contributed by atoms with Gasteiger partial charge in [0.25, 0.3) is 0 Å². The van der Waals surface area contributed by atoms with Crippen molar-refractivity contribution in [3.63, 3.8) is 0 Å². The van der Waals surface area contributed by atoms with Gasteiger partial charge in [-0.25, -0.2) is 0 Å². The van der Waals surface area contributed by atoms with Crippen LogP contribution in [0.25, 0.3) is 0 Å². The van der Waals surface area contributed by atoms with E-state index in [0.29, 0.717) is 0 Å². The highest BCUT2D eigenvalue weighted by molar-refractivity contribution is 5.78. The Hall–Kier alpha value is -1.08. The zero-order chi connectivity index (χ0) is 13.5. The van der Waals surface area contributed by atoms with Gasteiger partial charge in [0.05, 0.1) is 12.1 Å². The third kappa shape index (κ3) is 3.71. The summed E-state index contributed by atoms with van der Waals surface area (Å²) in [6.07, 6.45) is 2.88. The molecular weight excluding hydrogens is 226 g/mol. The van der Waals surface area contributed by atoms with Crippen LogP contribution in [0.4, 0.5) is 0 Å². The molecule has 0 bridgehead atoms. The van der Waals surface area contributed by atoms with E-state index in [9.17, 15) is 4.79 Å². The number of hydrogen-bond donors (Lipinski definition) is 0. The highest BCUT2D eigenvalue weighted by Gasteiger charge is 2.27. The van der Waals surface area contributed by atoms with Crippen LogP contribution in [0.15, 0.2) is 0 Å². The fraction of sp³-hybridized carbons (Fsp3) is 0.857. The Balaban J connectivity index is 2.44. The largest absolute Gasteiger partial charge is 0.340 e. The molecule has 0 radical (unpaired) electrons. The zero-order valence-electron chi connectivity index (χ0n) is 11.9. The van der Waals surface area contributed by atoms with Gasteiger partial charge < -0.3 is 4.90 Å². The number of hydrogen-bond acceptors (Lipinski definition) is 3. The van der Waals surface area contributed by atoms with Gasteiger partial charge in [-0.2, -0.15) is 5.26 Å². The summed E-state index contributed by atoms with van der Waals surface area (Å²) in [6.45, 7) is 9.36. The summed E-state index contributed by atoms with van der Waals surface area (Å²) in [4.78, 5) is 16.3. The van der Waals surface area contributed by atoms with Crippen LogP contribution in [-0.2, 0) is 4.79 Å². The molecule has 2 unspecified atom stereocenters. The third-order valence-electron chi connectivity index (χ3n) is 3.75. The summed E-state index contributed by atoms with van der Waals surface area (Å²) >= 11 is 0. The van der Waals surface area contributed by atoms with Crippen molar-refractivity contribution >= 4 is 5.91 Å². The summed E-state index contributed by atoms with van der Waals surface area (Å²) in [5.41, 5.74) is 0. The minimum atomic E-state index is 0.00955. The number of rotatable bonds is 5. The molecule has 102 valence electrons. The molecule has 1 heterocycles. The Morgan fingerprint density at radius 2 is 1.89 bits per heavy atom. The molecule has 18 heavy (non-hydrogen) atoms. The van der Waals surface area contributed by atoms with E-state index in [1.165, 1.54) is 0 Å². The molecule has 2 atom stereocenters. The quantitative estimate of drug-likeness (QED) is 0.749. The lowest BCUT2D eigenvalue weighted by molar-refractivity contribution is -0.137. The van der Waals surface area contributed by atoms with Gasteiger partial charge >= 0.3 is 0 Å². The highest BCUT2D eigenvalue weighted by Crippen LogP contribution is 2.14. The molecule has 0 aromatic heterocycles. The monoisotopic (exact) mass is 251 g/mol. The van der Waals surface area contributed by atoms with E-state index < -0.39 is 0 Å². The van der Waals surface area contributed by atoms with Gasteiger partial charge in [0.1, 0.15) is 0 Å². The molecular formula is C14H25N3O. The molecule has 4 heteroatoms. The van der Waals surface area contributed by atoms with Crippen molar-refractivity contribution in [2.24, 2.45) is 5.92 Å². The first-order valence-electron chi connectivity index (χ1n) is 7.06. The van der Waals surface area contributed by atoms with Crippen LogP contribution >= 0.6 is 0 Å². The number of nitriles is 1. The SMILES string of the molecule is CCCC(C)C(=O)N1CCN(C(C#N)CC)CC1. The van der Waals surface area contributed by atoms with E-state index in [-0.39, 0.29) is 17.9 Å². The maximum absolute atomic E-state index is 12.1. The first-order chi connectivity index (χ1) is 8.63. The van der Waals surface area contributed by atoms with Crippen LogP contribution in [-0.4, -0.2) is 47.9 Å². The molecule has 0 aromatic carbocycles. The molecule has 0 spiro atoms. The standard InChI is InChI=1S/C14H25N3O/c1-4-6-12(3)14(18)17-9-7-16(8-10-17)13(5-2)11-15/h12-13H,4-10H2,1-3H3. The van der Waals surface area contributed by atoms with Crippen LogP contribution in [0.1, 0.15) is 40.0 Å². The Morgan fingerprint density at radius 3 is 2.33 bits per heavy atom. The number of carbonyl (C=O) groups excluding carboxylic acids is 1. The molecule has 0 N–H and O–H groups in total. The summed E-state index contributed by atoms with van der Waals surface area (Å²) in [5, 5.41) is 9.04. The summed E-state index contributed by atoms with van der Waals surface area (Å²) < 4.78 is 0. The van der Waals surface area contributed by atoms with Crippen molar-refractivity contribution in [2.45, 2.75) is 46.1 Å². The highest BCUT2D eigenvalue weighted by atomic mass is 16.2. The Morgan fingerprint density at radius 1 is 1.28 bits per heavy atom. The fourth-order valence-corrected chi connectivity index (χ4v) is 2.55. The number of amides is 1. The first kappa shape index (κ1) is 15.0. The van der Waals surface area contributed by atoms with Crippen molar-refractivity contribution in [3.8, 4) is 6.07 Å². The van der Waals surface area contributed by atoms with Crippen molar-refractivity contribution < 1.29 is 4.79 Å². The molecule has 1 fully saturated rings. The van der Waals surface area contributed by atoms with Crippen molar-refractivity contribution in [1.82, 2.24) is 9.80 Å². The van der Waals surface area contributed by atoms with Gasteiger partial charge in [0.2, 0.25) is 5.91 Å². The lowest BCUT2D eigenvalue weighted by Crippen LogP contribution is -2.52. The number of nitrogens with zero attached hydrogens (tertiary/aromatic N) is 3. The number of carbonyl (C=O) groups is 1. The second kappa shape index (κ2) is 7.38. The molecule has 0 aromatic rings. The molecule has 1 aliphatic rings. The maximum atomic E-state index is 12.1. The van der Waals surface area contributed by atoms with Crippen LogP contribution in [0.5, 0.6) is 0 Å². The second-order valence-corrected chi connectivity index (χ2v) is 5.10.